The predicted octanol–water partition coefficient (Wildman–Crippen LogP) is 1.35. The Labute approximate surface area is 134 Å². The molecule has 0 aromatic heterocycles. The highest BCUT2D eigenvalue weighted by Gasteiger charge is 2.30. The summed E-state index contributed by atoms with van der Waals surface area (Å²) in [4.78, 5) is 6.49. The van der Waals surface area contributed by atoms with Gasteiger partial charge in [0, 0.05) is 32.9 Å². The average molecular weight is 403 g/mol. The van der Waals surface area contributed by atoms with Crippen LogP contribution in [0.1, 0.15) is 26.7 Å². The number of rotatable bonds is 4. The first-order chi connectivity index (χ1) is 8.23. The molecule has 0 unspecified atom stereocenters. The van der Waals surface area contributed by atoms with Gasteiger partial charge in [0.1, 0.15) is 9.84 Å². The van der Waals surface area contributed by atoms with E-state index >= 15 is 0 Å². The second kappa shape index (κ2) is 7.66. The second-order valence-corrected chi connectivity index (χ2v) is 8.05. The number of likely N-dealkylation sites (tertiary alicyclic amines) is 1. The van der Waals surface area contributed by atoms with E-state index < -0.39 is 9.84 Å². The van der Waals surface area contributed by atoms with Crippen molar-refractivity contribution >= 4 is 39.8 Å². The lowest BCUT2D eigenvalue weighted by Crippen LogP contribution is -2.41. The van der Waals surface area contributed by atoms with E-state index in [1.807, 2.05) is 0 Å². The molecule has 0 spiro atoms. The van der Waals surface area contributed by atoms with Gasteiger partial charge in [-0.25, -0.2) is 8.42 Å². The predicted molar refractivity (Wildman–Crippen MR) is 91.1 cm³/mol. The van der Waals surface area contributed by atoms with Gasteiger partial charge in [0.25, 0.3) is 0 Å². The van der Waals surface area contributed by atoms with Crippen molar-refractivity contribution in [1.82, 2.24) is 10.2 Å². The molecule has 7 heteroatoms. The van der Waals surface area contributed by atoms with Crippen LogP contribution in [0, 0.1) is 5.41 Å². The zero-order valence-electron chi connectivity index (χ0n) is 12.3. The molecule has 1 heterocycles. The van der Waals surface area contributed by atoms with E-state index in [-0.39, 0.29) is 29.7 Å². The fourth-order valence-electron chi connectivity index (χ4n) is 2.16. The van der Waals surface area contributed by atoms with E-state index in [1.54, 1.807) is 7.05 Å². The molecule has 0 atom stereocenters. The summed E-state index contributed by atoms with van der Waals surface area (Å²) >= 11 is 0. The zero-order chi connectivity index (χ0) is 13.8. The van der Waals surface area contributed by atoms with E-state index in [0.29, 0.717) is 18.4 Å². The summed E-state index contributed by atoms with van der Waals surface area (Å²) < 4.78 is 22.0. The minimum absolute atomic E-state index is 0. The topological polar surface area (TPSA) is 61.8 Å². The second-order valence-electron chi connectivity index (χ2n) is 5.79. The van der Waals surface area contributed by atoms with Crippen LogP contribution in [0.5, 0.6) is 0 Å². The van der Waals surface area contributed by atoms with Crippen LogP contribution in [0.15, 0.2) is 4.99 Å². The van der Waals surface area contributed by atoms with Gasteiger partial charge in [-0.1, -0.05) is 13.8 Å². The van der Waals surface area contributed by atoms with Gasteiger partial charge in [-0.3, -0.25) is 4.99 Å². The lowest BCUT2D eigenvalue weighted by molar-refractivity contribution is 0.370. The molecule has 0 amide bonds. The highest BCUT2D eigenvalue weighted by atomic mass is 127. The first-order valence-electron chi connectivity index (χ1n) is 6.37. The fourth-order valence-corrected chi connectivity index (χ4v) is 2.83. The third-order valence-corrected chi connectivity index (χ3v) is 4.19. The van der Waals surface area contributed by atoms with Crippen LogP contribution in [0.25, 0.3) is 0 Å². The smallest absolute Gasteiger partial charge is 0.193 e. The van der Waals surface area contributed by atoms with Crippen molar-refractivity contribution < 1.29 is 8.42 Å². The van der Waals surface area contributed by atoms with Gasteiger partial charge in [0.05, 0.1) is 5.75 Å². The van der Waals surface area contributed by atoms with E-state index in [0.717, 1.165) is 25.5 Å². The summed E-state index contributed by atoms with van der Waals surface area (Å²) in [5.74, 6) is 1.11. The summed E-state index contributed by atoms with van der Waals surface area (Å²) in [6.45, 7) is 7.17. The van der Waals surface area contributed by atoms with Gasteiger partial charge in [0.2, 0.25) is 0 Å². The molecule has 1 aliphatic rings. The minimum atomic E-state index is -2.86. The van der Waals surface area contributed by atoms with Gasteiger partial charge < -0.3 is 10.2 Å². The maximum Gasteiger partial charge on any atom is 0.193 e. The summed E-state index contributed by atoms with van der Waals surface area (Å²) in [6, 6.07) is 0. The summed E-state index contributed by atoms with van der Waals surface area (Å²) in [6.07, 6.45) is 3.05. The fraction of sp³-hybridized carbons (Fsp3) is 0.917. The third kappa shape index (κ3) is 7.34. The zero-order valence-corrected chi connectivity index (χ0v) is 15.4. The SMILES string of the molecule is CN=C(NCCCS(C)(=O)=O)N1CCC(C)(C)C1.I. The van der Waals surface area contributed by atoms with E-state index in [9.17, 15) is 8.42 Å². The van der Waals surface area contributed by atoms with Crippen LogP contribution >= 0.6 is 24.0 Å². The highest BCUT2D eigenvalue weighted by Crippen LogP contribution is 2.28. The van der Waals surface area contributed by atoms with Crippen LogP contribution < -0.4 is 5.32 Å². The van der Waals surface area contributed by atoms with Crippen molar-refractivity contribution in [3.63, 3.8) is 0 Å². The number of hydrogen-bond acceptors (Lipinski definition) is 3. The molecule has 0 saturated carbocycles. The molecule has 0 aliphatic carbocycles. The summed E-state index contributed by atoms with van der Waals surface area (Å²) in [5.41, 5.74) is 0.338. The molecule has 1 fully saturated rings. The maximum absolute atomic E-state index is 11.0. The molecule has 0 aromatic carbocycles. The Morgan fingerprint density at radius 3 is 2.47 bits per heavy atom. The number of hydrogen-bond donors (Lipinski definition) is 1. The lowest BCUT2D eigenvalue weighted by atomic mass is 9.93. The van der Waals surface area contributed by atoms with E-state index in [1.165, 1.54) is 6.26 Å². The molecular weight excluding hydrogens is 377 g/mol. The molecule has 1 N–H and O–H groups in total. The molecule has 0 bridgehead atoms. The average Bonchev–Trinajstić information content (AvgIpc) is 2.57. The summed E-state index contributed by atoms with van der Waals surface area (Å²) in [5, 5.41) is 3.23. The van der Waals surface area contributed by atoms with Gasteiger partial charge in [-0.15, -0.1) is 24.0 Å². The Bertz CT molecular complexity index is 407. The number of halogens is 1. The quantitative estimate of drug-likeness (QED) is 0.333. The van der Waals surface area contributed by atoms with E-state index in [2.05, 4.69) is 29.1 Å². The molecule has 1 saturated heterocycles. The van der Waals surface area contributed by atoms with Gasteiger partial charge in [-0.2, -0.15) is 0 Å². The Hall–Kier alpha value is -0.0500. The van der Waals surface area contributed by atoms with E-state index in [4.69, 9.17) is 0 Å². The minimum Gasteiger partial charge on any atom is -0.356 e. The van der Waals surface area contributed by atoms with Crippen LogP contribution in [0.3, 0.4) is 0 Å². The lowest BCUT2D eigenvalue weighted by Gasteiger charge is -2.23. The van der Waals surface area contributed by atoms with Crippen molar-refractivity contribution in [1.29, 1.82) is 0 Å². The molecule has 1 aliphatic heterocycles. The largest absolute Gasteiger partial charge is 0.356 e. The molecule has 5 nitrogen and oxygen atoms in total. The molecule has 19 heavy (non-hydrogen) atoms. The third-order valence-electron chi connectivity index (χ3n) is 3.16. The number of nitrogens with one attached hydrogen (secondary N) is 1. The Morgan fingerprint density at radius 1 is 1.42 bits per heavy atom. The van der Waals surface area contributed by atoms with Crippen molar-refractivity contribution in [2.45, 2.75) is 26.7 Å². The first-order valence-corrected chi connectivity index (χ1v) is 8.43. The normalized spacial score (nSPS) is 19.2. The monoisotopic (exact) mass is 403 g/mol. The molecular formula is C12H26IN3O2S. The van der Waals surface area contributed by atoms with Crippen LogP contribution in [-0.2, 0) is 9.84 Å². The Morgan fingerprint density at radius 2 is 2.05 bits per heavy atom. The van der Waals surface area contributed by atoms with Crippen molar-refractivity contribution in [3.8, 4) is 0 Å². The number of sulfone groups is 1. The van der Waals surface area contributed by atoms with Gasteiger partial charge in [0.15, 0.2) is 5.96 Å². The van der Waals surface area contributed by atoms with Crippen LogP contribution in [-0.4, -0.2) is 58.0 Å². The van der Waals surface area contributed by atoms with Crippen LogP contribution in [0.4, 0.5) is 0 Å². The first kappa shape index (κ1) is 18.9. The Kier molecular flexibility index (Phi) is 7.64. The summed E-state index contributed by atoms with van der Waals surface area (Å²) in [7, 11) is -1.09. The highest BCUT2D eigenvalue weighted by molar-refractivity contribution is 14.0. The van der Waals surface area contributed by atoms with Crippen molar-refractivity contribution in [3.05, 3.63) is 0 Å². The molecule has 114 valence electrons. The Balaban J connectivity index is 0.00000324. The van der Waals surface area contributed by atoms with Gasteiger partial charge in [-0.05, 0) is 18.3 Å². The van der Waals surface area contributed by atoms with Crippen molar-refractivity contribution in [2.24, 2.45) is 10.4 Å². The number of nitrogens with zero attached hydrogens (tertiary/aromatic N) is 2. The number of aliphatic imine (C=N–C) groups is 1. The van der Waals surface area contributed by atoms with Crippen LogP contribution in [0.2, 0.25) is 0 Å². The molecule has 0 aromatic rings. The number of guanidine groups is 1. The standard InChI is InChI=1S/C12H25N3O2S.HI/c1-12(2)6-8-15(10-12)11(13-3)14-7-5-9-18(4,16)17;/h5-10H2,1-4H3,(H,13,14);1H. The van der Waals surface area contributed by atoms with Crippen molar-refractivity contribution in [2.75, 3.05) is 38.7 Å². The molecule has 1 rings (SSSR count). The molecule has 0 radical (unpaired) electrons. The maximum atomic E-state index is 11.0. The van der Waals surface area contributed by atoms with Gasteiger partial charge >= 0.3 is 0 Å².